The van der Waals surface area contributed by atoms with Crippen molar-refractivity contribution in [3.8, 4) is 5.75 Å². The van der Waals surface area contributed by atoms with Crippen molar-refractivity contribution in [2.75, 3.05) is 33.4 Å². The number of guanidine groups is 1. The van der Waals surface area contributed by atoms with Crippen molar-refractivity contribution in [3.63, 3.8) is 0 Å². The second kappa shape index (κ2) is 10.3. The van der Waals surface area contributed by atoms with Crippen LogP contribution in [0.3, 0.4) is 0 Å². The second-order valence-electron chi connectivity index (χ2n) is 4.56. The molecule has 1 unspecified atom stereocenters. The summed E-state index contributed by atoms with van der Waals surface area (Å²) in [5, 5.41) is 7.15. The highest BCUT2D eigenvalue weighted by Crippen LogP contribution is 2.15. The van der Waals surface area contributed by atoms with E-state index in [1.807, 2.05) is 26.0 Å². The fraction of sp³-hybridized carbons (Fsp3) is 0.533. The lowest BCUT2D eigenvalue weighted by Gasteiger charge is -2.17. The van der Waals surface area contributed by atoms with Gasteiger partial charge in [-0.05, 0) is 38.1 Å². The molecular weight excluding hydrogens is 290 g/mol. The highest BCUT2D eigenvalue weighted by atomic mass is 35.5. The summed E-state index contributed by atoms with van der Waals surface area (Å²) < 4.78 is 10.7. The number of nitrogens with zero attached hydrogens (tertiary/aromatic N) is 1. The normalized spacial score (nSPS) is 12.9. The Labute approximate surface area is 131 Å². The van der Waals surface area contributed by atoms with Crippen LogP contribution in [0.25, 0.3) is 0 Å². The van der Waals surface area contributed by atoms with Gasteiger partial charge in [-0.25, -0.2) is 4.99 Å². The molecule has 0 aliphatic heterocycles. The third-order valence-corrected chi connectivity index (χ3v) is 2.84. The van der Waals surface area contributed by atoms with Crippen LogP contribution in [0.4, 0.5) is 0 Å². The van der Waals surface area contributed by atoms with Crippen LogP contribution in [0.2, 0.25) is 5.02 Å². The van der Waals surface area contributed by atoms with Crippen LogP contribution in [0.15, 0.2) is 29.3 Å². The molecule has 118 valence electrons. The van der Waals surface area contributed by atoms with Crippen molar-refractivity contribution in [3.05, 3.63) is 29.3 Å². The third kappa shape index (κ3) is 7.78. The van der Waals surface area contributed by atoms with Crippen molar-refractivity contribution in [2.24, 2.45) is 4.99 Å². The molecule has 0 fully saturated rings. The van der Waals surface area contributed by atoms with Crippen molar-refractivity contribution in [1.82, 2.24) is 10.6 Å². The minimum atomic E-state index is 0.199. The Kier molecular flexibility index (Phi) is 8.62. The lowest BCUT2D eigenvalue weighted by molar-refractivity contribution is 0.179. The molecule has 0 aliphatic rings. The van der Waals surface area contributed by atoms with E-state index in [1.165, 1.54) is 0 Å². The molecule has 0 aromatic heterocycles. The third-order valence-electron chi connectivity index (χ3n) is 2.59. The van der Waals surface area contributed by atoms with Crippen LogP contribution >= 0.6 is 11.6 Å². The van der Waals surface area contributed by atoms with Crippen LogP contribution < -0.4 is 15.4 Å². The lowest BCUT2D eigenvalue weighted by Crippen LogP contribution is -2.44. The molecular formula is C15H24ClN3O2. The number of rotatable bonds is 8. The number of hydrogen-bond donors (Lipinski definition) is 2. The van der Waals surface area contributed by atoms with E-state index >= 15 is 0 Å². The molecule has 0 radical (unpaired) electrons. The van der Waals surface area contributed by atoms with Gasteiger partial charge < -0.3 is 20.1 Å². The standard InChI is InChI=1S/C15H24ClN3O2/c1-4-17-15(19-12(2)11-20-3)18-9-10-21-14-7-5-13(16)6-8-14/h5-8,12H,4,9-11H2,1-3H3,(H2,17,18,19). The Balaban J connectivity index is 2.37. The van der Waals surface area contributed by atoms with Crippen LogP contribution in [0, 0.1) is 0 Å². The molecule has 5 nitrogen and oxygen atoms in total. The number of nitrogens with one attached hydrogen (secondary N) is 2. The lowest BCUT2D eigenvalue weighted by atomic mass is 10.3. The van der Waals surface area contributed by atoms with Gasteiger partial charge in [0.2, 0.25) is 0 Å². The van der Waals surface area contributed by atoms with Crippen LogP contribution in [0.5, 0.6) is 5.75 Å². The van der Waals surface area contributed by atoms with Gasteiger partial charge in [0.25, 0.3) is 0 Å². The first kappa shape index (κ1) is 17.6. The largest absolute Gasteiger partial charge is 0.492 e. The van der Waals surface area contributed by atoms with E-state index < -0.39 is 0 Å². The van der Waals surface area contributed by atoms with Crippen molar-refractivity contribution in [2.45, 2.75) is 19.9 Å². The molecule has 1 atom stereocenters. The number of ether oxygens (including phenoxy) is 2. The van der Waals surface area contributed by atoms with Crippen molar-refractivity contribution >= 4 is 17.6 Å². The monoisotopic (exact) mass is 313 g/mol. The number of benzene rings is 1. The second-order valence-corrected chi connectivity index (χ2v) is 5.00. The average Bonchev–Trinajstić information content (AvgIpc) is 2.46. The van der Waals surface area contributed by atoms with Crippen molar-refractivity contribution < 1.29 is 9.47 Å². The van der Waals surface area contributed by atoms with E-state index in [9.17, 15) is 0 Å². The minimum absolute atomic E-state index is 0.199. The number of halogens is 1. The first-order chi connectivity index (χ1) is 10.2. The zero-order valence-corrected chi connectivity index (χ0v) is 13.6. The molecule has 21 heavy (non-hydrogen) atoms. The zero-order valence-electron chi connectivity index (χ0n) is 12.9. The van der Waals surface area contributed by atoms with Gasteiger partial charge in [0.15, 0.2) is 5.96 Å². The molecule has 0 aliphatic carbocycles. The molecule has 1 aromatic carbocycles. The summed E-state index contributed by atoms with van der Waals surface area (Å²) in [5.41, 5.74) is 0. The summed E-state index contributed by atoms with van der Waals surface area (Å²) in [6.45, 7) is 6.59. The maximum absolute atomic E-state index is 5.82. The van der Waals surface area contributed by atoms with E-state index in [-0.39, 0.29) is 6.04 Å². The molecule has 0 heterocycles. The highest BCUT2D eigenvalue weighted by molar-refractivity contribution is 6.30. The fourth-order valence-corrected chi connectivity index (χ4v) is 1.82. The minimum Gasteiger partial charge on any atom is -0.492 e. The van der Waals surface area contributed by atoms with E-state index in [2.05, 4.69) is 15.6 Å². The van der Waals surface area contributed by atoms with E-state index in [0.717, 1.165) is 18.3 Å². The number of methoxy groups -OCH3 is 1. The van der Waals surface area contributed by atoms with E-state index in [4.69, 9.17) is 21.1 Å². The van der Waals surface area contributed by atoms with Crippen LogP contribution in [-0.4, -0.2) is 45.4 Å². The van der Waals surface area contributed by atoms with Gasteiger partial charge in [-0.2, -0.15) is 0 Å². The van der Waals surface area contributed by atoms with Crippen LogP contribution in [-0.2, 0) is 4.74 Å². The fourth-order valence-electron chi connectivity index (χ4n) is 1.70. The smallest absolute Gasteiger partial charge is 0.191 e. The Morgan fingerprint density at radius 2 is 2.05 bits per heavy atom. The summed E-state index contributed by atoms with van der Waals surface area (Å²) in [6, 6.07) is 7.49. The topological polar surface area (TPSA) is 54.9 Å². The first-order valence-electron chi connectivity index (χ1n) is 7.07. The molecule has 1 rings (SSSR count). The molecule has 6 heteroatoms. The number of aliphatic imine (C=N–C) groups is 1. The van der Waals surface area contributed by atoms with Gasteiger partial charge in [-0.3, -0.25) is 0 Å². The SMILES string of the molecule is CCNC(=NCCOc1ccc(Cl)cc1)NC(C)COC. The quantitative estimate of drug-likeness (QED) is 0.439. The summed E-state index contributed by atoms with van der Waals surface area (Å²) in [5.74, 6) is 1.56. The van der Waals surface area contributed by atoms with Gasteiger partial charge in [-0.1, -0.05) is 11.6 Å². The Bertz CT molecular complexity index is 423. The summed E-state index contributed by atoms with van der Waals surface area (Å²) in [6.07, 6.45) is 0. The number of hydrogen-bond acceptors (Lipinski definition) is 3. The molecule has 0 amide bonds. The maximum Gasteiger partial charge on any atom is 0.191 e. The summed E-state index contributed by atoms with van der Waals surface area (Å²) >= 11 is 5.82. The first-order valence-corrected chi connectivity index (χ1v) is 7.45. The van der Waals surface area contributed by atoms with Gasteiger partial charge in [0.1, 0.15) is 12.4 Å². The zero-order chi connectivity index (χ0) is 15.5. The predicted molar refractivity (Wildman–Crippen MR) is 87.4 cm³/mol. The maximum atomic E-state index is 5.82. The molecule has 1 aromatic rings. The molecule has 0 spiro atoms. The van der Waals surface area contributed by atoms with E-state index in [0.29, 0.717) is 24.8 Å². The Hall–Kier alpha value is -1.46. The molecule has 0 saturated carbocycles. The highest BCUT2D eigenvalue weighted by Gasteiger charge is 2.03. The van der Waals surface area contributed by atoms with Gasteiger partial charge in [0.05, 0.1) is 13.2 Å². The average molecular weight is 314 g/mol. The predicted octanol–water partition coefficient (Wildman–Crippen LogP) is 2.31. The summed E-state index contributed by atoms with van der Waals surface area (Å²) in [4.78, 5) is 4.46. The molecule has 0 saturated heterocycles. The van der Waals surface area contributed by atoms with Gasteiger partial charge in [-0.15, -0.1) is 0 Å². The summed E-state index contributed by atoms with van der Waals surface area (Å²) in [7, 11) is 1.68. The Morgan fingerprint density at radius 1 is 1.33 bits per heavy atom. The molecule has 0 bridgehead atoms. The van der Waals surface area contributed by atoms with Gasteiger partial charge in [0, 0.05) is 24.7 Å². The van der Waals surface area contributed by atoms with Crippen molar-refractivity contribution in [1.29, 1.82) is 0 Å². The Morgan fingerprint density at radius 3 is 2.67 bits per heavy atom. The van der Waals surface area contributed by atoms with E-state index in [1.54, 1.807) is 19.2 Å². The van der Waals surface area contributed by atoms with Gasteiger partial charge >= 0.3 is 0 Å². The van der Waals surface area contributed by atoms with Crippen LogP contribution in [0.1, 0.15) is 13.8 Å². The molecule has 2 N–H and O–H groups in total.